The third-order valence-corrected chi connectivity index (χ3v) is 4.31. The summed E-state index contributed by atoms with van der Waals surface area (Å²) in [6, 6.07) is 0. The van der Waals surface area contributed by atoms with Crippen molar-refractivity contribution in [1.29, 1.82) is 0 Å². The van der Waals surface area contributed by atoms with E-state index in [9.17, 15) is 0 Å². The maximum atomic E-state index is 4.69. The van der Waals surface area contributed by atoms with Crippen LogP contribution in [0.3, 0.4) is 0 Å². The maximum Gasteiger partial charge on any atom is 2.00 e. The SMILES string of the molecule is CCCCSC(=S)[S-].CCCCSC(=S)[S-].[Zn+2]. The second-order valence-corrected chi connectivity index (χ2v) is 8.30. The van der Waals surface area contributed by atoms with Crippen LogP contribution in [-0.2, 0) is 44.7 Å². The van der Waals surface area contributed by atoms with Gasteiger partial charge in [0.2, 0.25) is 0 Å². The third-order valence-electron chi connectivity index (χ3n) is 1.44. The molecule has 0 nitrogen and oxygen atoms in total. The van der Waals surface area contributed by atoms with Crippen LogP contribution in [0.4, 0.5) is 0 Å². The second kappa shape index (κ2) is 20.3. The van der Waals surface area contributed by atoms with Crippen molar-refractivity contribution in [2.75, 3.05) is 11.5 Å². The minimum absolute atomic E-state index is 0. The Bertz CT molecular complexity index is 166. The van der Waals surface area contributed by atoms with E-state index in [-0.39, 0.29) is 19.5 Å². The monoisotopic (exact) mass is 394 g/mol. The number of rotatable bonds is 6. The molecular formula is C10H18S6Zn. The van der Waals surface area contributed by atoms with Crippen LogP contribution < -0.4 is 0 Å². The zero-order chi connectivity index (χ0) is 12.8. The second-order valence-electron chi connectivity index (χ2n) is 2.90. The predicted octanol–water partition coefficient (Wildman–Crippen LogP) is 4.70. The van der Waals surface area contributed by atoms with Crippen molar-refractivity contribution < 1.29 is 19.5 Å². The first-order chi connectivity index (χ1) is 7.54. The van der Waals surface area contributed by atoms with Crippen LogP contribution >= 0.6 is 48.0 Å². The molecule has 0 unspecified atom stereocenters. The molecule has 7 heteroatoms. The van der Waals surface area contributed by atoms with Gasteiger partial charge in [0, 0.05) is 0 Å². The third kappa shape index (κ3) is 32.0. The van der Waals surface area contributed by atoms with E-state index in [1.807, 2.05) is 0 Å². The molecule has 0 aliphatic rings. The Balaban J connectivity index is -0.000000218. The summed E-state index contributed by atoms with van der Waals surface area (Å²) in [4.78, 5) is 0. The molecule has 0 radical (unpaired) electrons. The van der Waals surface area contributed by atoms with Gasteiger partial charge < -0.3 is 49.7 Å². The Morgan fingerprint density at radius 1 is 0.882 bits per heavy atom. The zero-order valence-corrected chi connectivity index (χ0v) is 18.3. The molecule has 0 heterocycles. The fraction of sp³-hybridized carbons (Fsp3) is 0.800. The molecule has 0 saturated heterocycles. The van der Waals surface area contributed by atoms with Gasteiger partial charge in [0.25, 0.3) is 0 Å². The fourth-order valence-electron chi connectivity index (χ4n) is 0.600. The van der Waals surface area contributed by atoms with Crippen molar-refractivity contribution in [3.63, 3.8) is 0 Å². The summed E-state index contributed by atoms with van der Waals surface area (Å²) in [6.45, 7) is 4.32. The van der Waals surface area contributed by atoms with Crippen LogP contribution in [0.5, 0.6) is 0 Å². The molecule has 0 rings (SSSR count). The van der Waals surface area contributed by atoms with Crippen LogP contribution in [0, 0.1) is 0 Å². The van der Waals surface area contributed by atoms with Gasteiger partial charge in [-0.3, -0.25) is 0 Å². The number of hydrogen-bond donors (Lipinski definition) is 0. The summed E-state index contributed by atoms with van der Waals surface area (Å²) in [6.07, 6.45) is 4.90. The summed E-state index contributed by atoms with van der Waals surface area (Å²) in [5.41, 5.74) is 0. The van der Waals surface area contributed by atoms with E-state index in [1.165, 1.54) is 25.7 Å². The molecule has 96 valence electrons. The van der Waals surface area contributed by atoms with Crippen molar-refractivity contribution in [3.8, 4) is 0 Å². The molecule has 0 fully saturated rings. The van der Waals surface area contributed by atoms with Crippen molar-refractivity contribution in [3.05, 3.63) is 0 Å². The molecule has 0 aromatic heterocycles. The number of thioether (sulfide) groups is 2. The van der Waals surface area contributed by atoms with Crippen LogP contribution in [-0.4, -0.2) is 18.6 Å². The first-order valence-electron chi connectivity index (χ1n) is 5.22. The van der Waals surface area contributed by atoms with Gasteiger partial charge in [-0.05, 0) is 24.3 Å². The smallest absolute Gasteiger partial charge is 0.422 e. The summed E-state index contributed by atoms with van der Waals surface area (Å²) in [5, 5.41) is 0. The minimum Gasteiger partial charge on any atom is -0.422 e. The quantitative estimate of drug-likeness (QED) is 0.274. The van der Waals surface area contributed by atoms with Crippen LogP contribution in [0.2, 0.25) is 0 Å². The molecule has 17 heavy (non-hydrogen) atoms. The average molecular weight is 396 g/mol. The van der Waals surface area contributed by atoms with Gasteiger partial charge in [0.05, 0.1) is 0 Å². The van der Waals surface area contributed by atoms with E-state index in [2.05, 4.69) is 63.5 Å². The van der Waals surface area contributed by atoms with E-state index in [0.29, 0.717) is 7.06 Å². The van der Waals surface area contributed by atoms with Crippen LogP contribution in [0.15, 0.2) is 0 Å². The van der Waals surface area contributed by atoms with Gasteiger partial charge in [-0.15, -0.1) is 23.5 Å². The van der Waals surface area contributed by atoms with Gasteiger partial charge in [-0.1, -0.05) is 33.7 Å². The molecule has 0 saturated carbocycles. The molecule has 0 aromatic rings. The Morgan fingerprint density at radius 3 is 1.35 bits per heavy atom. The molecule has 0 aliphatic heterocycles. The Kier molecular flexibility index (Phi) is 28.6. The Labute approximate surface area is 149 Å². The topological polar surface area (TPSA) is 0 Å². The summed E-state index contributed by atoms with van der Waals surface area (Å²) < 4.78 is 1.30. The molecule has 0 bridgehead atoms. The van der Waals surface area contributed by atoms with Gasteiger partial charge in [0.1, 0.15) is 0 Å². The summed E-state index contributed by atoms with van der Waals surface area (Å²) in [5.74, 6) is 2.19. The standard InChI is InChI=1S/2C5H10S3.Zn/c2*1-2-3-4-8-5(6)7;/h2*2-4H2,1H3,(H,6,7);/q;;+2/p-2. The summed E-state index contributed by atoms with van der Waals surface area (Å²) >= 11 is 22.0. The maximum absolute atomic E-state index is 4.69. The zero-order valence-electron chi connectivity index (χ0n) is 10.4. The molecule has 0 aliphatic carbocycles. The number of thiocarbonyl (C=S) groups is 2. The molecule has 0 N–H and O–H groups in total. The van der Waals surface area contributed by atoms with E-state index < -0.39 is 0 Å². The van der Waals surface area contributed by atoms with Crippen LogP contribution in [0.25, 0.3) is 0 Å². The molecule has 0 aromatic carbocycles. The molecular weight excluding hydrogens is 378 g/mol. The molecule has 0 atom stereocenters. The van der Waals surface area contributed by atoms with Crippen molar-refractivity contribution in [1.82, 2.24) is 0 Å². The first kappa shape index (κ1) is 24.0. The van der Waals surface area contributed by atoms with Crippen molar-refractivity contribution >= 4 is 80.3 Å². The van der Waals surface area contributed by atoms with E-state index in [1.54, 1.807) is 23.5 Å². The first-order valence-corrected chi connectivity index (χ1v) is 8.82. The fourth-order valence-corrected chi connectivity index (χ4v) is 2.80. The summed E-state index contributed by atoms with van der Waals surface area (Å²) in [7, 11) is 0. The predicted molar refractivity (Wildman–Crippen MR) is 94.7 cm³/mol. The van der Waals surface area contributed by atoms with E-state index >= 15 is 0 Å². The largest absolute Gasteiger partial charge is 2.00 e. The van der Waals surface area contributed by atoms with Gasteiger partial charge in [0.15, 0.2) is 0 Å². The molecule has 0 amide bonds. The van der Waals surface area contributed by atoms with Gasteiger partial charge in [-0.25, -0.2) is 0 Å². The van der Waals surface area contributed by atoms with Crippen LogP contribution in [0.1, 0.15) is 39.5 Å². The molecule has 0 spiro atoms. The van der Waals surface area contributed by atoms with Crippen molar-refractivity contribution in [2.24, 2.45) is 0 Å². The Morgan fingerprint density at radius 2 is 1.18 bits per heavy atom. The average Bonchev–Trinajstić information content (AvgIpc) is 2.18. The van der Waals surface area contributed by atoms with Gasteiger partial charge >= 0.3 is 19.5 Å². The number of hydrogen-bond acceptors (Lipinski definition) is 6. The van der Waals surface area contributed by atoms with Crippen molar-refractivity contribution in [2.45, 2.75) is 39.5 Å². The van der Waals surface area contributed by atoms with E-state index in [4.69, 9.17) is 0 Å². The van der Waals surface area contributed by atoms with Gasteiger partial charge in [-0.2, -0.15) is 0 Å². The minimum atomic E-state index is 0. The van der Waals surface area contributed by atoms with E-state index in [0.717, 1.165) is 11.5 Å². The number of unbranched alkanes of at least 4 members (excludes halogenated alkanes) is 2. The normalized spacial score (nSPS) is 8.59. The Hall–Kier alpha value is 1.94.